The van der Waals surface area contributed by atoms with Crippen LogP contribution in [0.1, 0.15) is 33.6 Å². The van der Waals surface area contributed by atoms with E-state index < -0.39 is 21.7 Å². The van der Waals surface area contributed by atoms with Gasteiger partial charge in [-0.05, 0) is 71.5 Å². The minimum atomic E-state index is -3.30. The van der Waals surface area contributed by atoms with E-state index in [4.69, 9.17) is 4.74 Å². The summed E-state index contributed by atoms with van der Waals surface area (Å²) in [7, 11) is -3.30. The molecule has 0 N–H and O–H groups in total. The molecule has 0 aromatic heterocycles. The van der Waals surface area contributed by atoms with Gasteiger partial charge in [0.1, 0.15) is 5.60 Å². The molecular formula is C14H22Br2N2O4S. The molecule has 0 aromatic carbocycles. The smallest absolute Gasteiger partial charge is 0.410 e. The van der Waals surface area contributed by atoms with Gasteiger partial charge in [0, 0.05) is 19.1 Å². The lowest BCUT2D eigenvalue weighted by Gasteiger charge is -2.43. The number of sulfonamides is 1. The van der Waals surface area contributed by atoms with Crippen molar-refractivity contribution < 1.29 is 17.9 Å². The standard InChI is InChI=1S/C14H22Br2N2O4S/c1-14(2,3)22-13(19)17-8-11(7-12(15)16)18-9-10(17)5-4-6-23(18,20)21/h7,10-11H,4-6,8-9H2,1-3H3/t10-,11+/m1/s1. The van der Waals surface area contributed by atoms with Gasteiger partial charge in [0.15, 0.2) is 0 Å². The van der Waals surface area contributed by atoms with E-state index in [1.165, 1.54) is 4.31 Å². The Kier molecular flexibility index (Phi) is 5.86. The third-order valence-corrected chi connectivity index (χ3v) is 6.30. The van der Waals surface area contributed by atoms with Gasteiger partial charge in [0.2, 0.25) is 10.0 Å². The summed E-state index contributed by atoms with van der Waals surface area (Å²) in [6, 6.07) is -0.545. The Bertz CT molecular complexity index is 596. The van der Waals surface area contributed by atoms with E-state index >= 15 is 0 Å². The van der Waals surface area contributed by atoms with Gasteiger partial charge in [-0.2, -0.15) is 4.31 Å². The highest BCUT2D eigenvalue weighted by atomic mass is 79.9. The number of hydrogen-bond donors (Lipinski definition) is 0. The highest BCUT2D eigenvalue weighted by Gasteiger charge is 2.43. The average Bonchev–Trinajstić information content (AvgIpc) is 2.48. The second-order valence-electron chi connectivity index (χ2n) is 6.84. The number of fused-ring (bicyclic) bond motifs is 2. The third-order valence-electron chi connectivity index (χ3n) is 3.83. The van der Waals surface area contributed by atoms with Crippen molar-refractivity contribution in [1.29, 1.82) is 0 Å². The molecule has 2 aliphatic rings. The number of hydrogen-bond acceptors (Lipinski definition) is 4. The zero-order chi connectivity index (χ0) is 17.4. The molecule has 0 aliphatic carbocycles. The monoisotopic (exact) mass is 472 g/mol. The van der Waals surface area contributed by atoms with Crippen molar-refractivity contribution in [2.45, 2.75) is 51.3 Å². The fraction of sp³-hybridized carbons (Fsp3) is 0.786. The molecule has 2 aliphatic heterocycles. The fourth-order valence-electron chi connectivity index (χ4n) is 2.89. The Labute approximate surface area is 154 Å². The van der Waals surface area contributed by atoms with E-state index in [0.29, 0.717) is 29.3 Å². The van der Waals surface area contributed by atoms with Gasteiger partial charge >= 0.3 is 6.09 Å². The first-order chi connectivity index (χ1) is 10.5. The number of piperazine rings is 1. The van der Waals surface area contributed by atoms with Gasteiger partial charge < -0.3 is 9.64 Å². The maximum Gasteiger partial charge on any atom is 0.410 e. The van der Waals surface area contributed by atoms with Gasteiger partial charge in [0.25, 0.3) is 0 Å². The molecule has 1 unspecified atom stereocenters. The Balaban J connectivity index is 2.30. The zero-order valence-electron chi connectivity index (χ0n) is 13.5. The van der Waals surface area contributed by atoms with Gasteiger partial charge in [0.05, 0.1) is 15.2 Å². The second kappa shape index (κ2) is 7.01. The third kappa shape index (κ3) is 4.93. The molecule has 2 bridgehead atoms. The number of ether oxygens (including phenoxy) is 1. The van der Waals surface area contributed by atoms with Gasteiger partial charge in [-0.25, -0.2) is 13.2 Å². The van der Waals surface area contributed by atoms with Crippen molar-refractivity contribution in [2.24, 2.45) is 0 Å². The first kappa shape index (κ1) is 19.2. The van der Waals surface area contributed by atoms with E-state index in [-0.39, 0.29) is 17.9 Å². The van der Waals surface area contributed by atoms with Crippen LogP contribution in [0.3, 0.4) is 0 Å². The molecule has 0 saturated carbocycles. The molecule has 6 nitrogen and oxygen atoms in total. The Morgan fingerprint density at radius 3 is 2.48 bits per heavy atom. The van der Waals surface area contributed by atoms with Crippen LogP contribution in [0.4, 0.5) is 4.79 Å². The topological polar surface area (TPSA) is 66.9 Å². The van der Waals surface area contributed by atoms with Crippen LogP contribution in [0.25, 0.3) is 0 Å². The van der Waals surface area contributed by atoms with E-state index in [1.807, 2.05) is 20.8 Å². The Hall–Kier alpha value is -0.120. The lowest BCUT2D eigenvalue weighted by atomic mass is 10.1. The predicted octanol–water partition coefficient (Wildman–Crippen LogP) is 3.03. The van der Waals surface area contributed by atoms with Gasteiger partial charge in [-0.3, -0.25) is 0 Å². The molecule has 0 spiro atoms. The maximum atomic E-state index is 12.5. The fourth-order valence-corrected chi connectivity index (χ4v) is 5.21. The van der Waals surface area contributed by atoms with Crippen LogP contribution in [-0.4, -0.2) is 60.2 Å². The predicted molar refractivity (Wildman–Crippen MR) is 96.2 cm³/mol. The summed E-state index contributed by atoms with van der Waals surface area (Å²) < 4.78 is 32.5. The van der Waals surface area contributed by atoms with Crippen LogP contribution in [-0.2, 0) is 14.8 Å². The van der Waals surface area contributed by atoms with Crippen LogP contribution >= 0.6 is 31.9 Å². The summed E-state index contributed by atoms with van der Waals surface area (Å²) in [6.07, 6.45) is 2.59. The SMILES string of the molecule is CC(C)(C)OC(=O)N1C[C@H](C=C(Br)Br)N2C[C@H]1CCCS2(=O)=O. The number of rotatable bonds is 1. The summed E-state index contributed by atoms with van der Waals surface area (Å²) in [4.78, 5) is 14.2. The summed E-state index contributed by atoms with van der Waals surface area (Å²) in [5.74, 6) is 0.121. The molecule has 1 amide bonds. The molecule has 2 fully saturated rings. The van der Waals surface area contributed by atoms with Crippen molar-refractivity contribution in [3.05, 3.63) is 9.47 Å². The van der Waals surface area contributed by atoms with Crippen LogP contribution < -0.4 is 0 Å². The first-order valence-electron chi connectivity index (χ1n) is 7.51. The zero-order valence-corrected chi connectivity index (χ0v) is 17.4. The molecule has 9 heteroatoms. The van der Waals surface area contributed by atoms with Crippen LogP contribution in [0.15, 0.2) is 9.47 Å². The molecule has 0 aromatic rings. The van der Waals surface area contributed by atoms with Crippen molar-refractivity contribution in [3.63, 3.8) is 0 Å². The molecule has 2 rings (SSSR count). The second-order valence-corrected chi connectivity index (χ2v) is 11.7. The van der Waals surface area contributed by atoms with Crippen LogP contribution in [0.5, 0.6) is 0 Å². The van der Waals surface area contributed by atoms with Crippen molar-refractivity contribution in [3.8, 4) is 0 Å². The van der Waals surface area contributed by atoms with E-state index in [9.17, 15) is 13.2 Å². The molecule has 23 heavy (non-hydrogen) atoms. The normalized spacial score (nSPS) is 30.3. The molecule has 3 atom stereocenters. The van der Waals surface area contributed by atoms with Gasteiger partial charge in [-0.15, -0.1) is 0 Å². The summed E-state index contributed by atoms with van der Waals surface area (Å²) in [5.41, 5.74) is -0.577. The first-order valence-corrected chi connectivity index (χ1v) is 10.7. The number of carbonyl (C=O) groups is 1. The molecule has 2 saturated heterocycles. The van der Waals surface area contributed by atoms with E-state index in [2.05, 4.69) is 31.9 Å². The summed E-state index contributed by atoms with van der Waals surface area (Å²) in [5, 5.41) is 0. The van der Waals surface area contributed by atoms with E-state index in [0.717, 1.165) is 0 Å². The van der Waals surface area contributed by atoms with E-state index in [1.54, 1.807) is 11.0 Å². The molecule has 132 valence electrons. The largest absolute Gasteiger partial charge is 0.444 e. The molecule has 0 radical (unpaired) electrons. The van der Waals surface area contributed by atoms with Crippen LogP contribution in [0, 0.1) is 0 Å². The number of nitrogens with zero attached hydrogens (tertiary/aromatic N) is 2. The summed E-state index contributed by atoms with van der Waals surface area (Å²) >= 11 is 6.57. The quantitative estimate of drug-likeness (QED) is 0.587. The molecule has 2 heterocycles. The maximum absolute atomic E-state index is 12.5. The average molecular weight is 474 g/mol. The van der Waals surface area contributed by atoms with Crippen molar-refractivity contribution in [2.75, 3.05) is 18.8 Å². The highest BCUT2D eigenvalue weighted by Crippen LogP contribution is 2.30. The number of halogens is 2. The van der Waals surface area contributed by atoms with Crippen LogP contribution in [0.2, 0.25) is 0 Å². The highest BCUT2D eigenvalue weighted by molar-refractivity contribution is 9.28. The number of carbonyl (C=O) groups excluding carboxylic acids is 1. The minimum Gasteiger partial charge on any atom is -0.444 e. The number of amides is 1. The van der Waals surface area contributed by atoms with Gasteiger partial charge in [-0.1, -0.05) is 0 Å². The van der Waals surface area contributed by atoms with Crippen molar-refractivity contribution >= 4 is 48.0 Å². The Morgan fingerprint density at radius 1 is 1.26 bits per heavy atom. The van der Waals surface area contributed by atoms with Crippen molar-refractivity contribution in [1.82, 2.24) is 9.21 Å². The Morgan fingerprint density at radius 2 is 1.91 bits per heavy atom. The summed E-state index contributed by atoms with van der Waals surface area (Å²) in [6.45, 7) is 6.08. The lowest BCUT2D eigenvalue weighted by molar-refractivity contribution is 0.00110. The minimum absolute atomic E-state index is 0.121. The lowest BCUT2D eigenvalue weighted by Crippen LogP contribution is -2.60. The molecular weight excluding hydrogens is 452 g/mol.